The van der Waals surface area contributed by atoms with E-state index in [1.165, 1.54) is 14.9 Å². The summed E-state index contributed by atoms with van der Waals surface area (Å²) in [6.07, 6.45) is 1.80. The van der Waals surface area contributed by atoms with Gasteiger partial charge in [-0.1, -0.05) is 42.5 Å². The van der Waals surface area contributed by atoms with Gasteiger partial charge < -0.3 is 20.2 Å². The largest absolute Gasteiger partial charge is 0.481 e. The molecule has 0 unspecified atom stereocenters. The third-order valence-corrected chi connectivity index (χ3v) is 7.37. The predicted molar refractivity (Wildman–Crippen MR) is 142 cm³/mol. The number of nitrogens with zero attached hydrogens (tertiary/aromatic N) is 5. The molecule has 1 aromatic heterocycles. The molecule has 2 aliphatic heterocycles. The van der Waals surface area contributed by atoms with Crippen molar-refractivity contribution in [1.82, 2.24) is 30.1 Å². The number of carbonyl (C=O) groups is 4. The lowest BCUT2D eigenvalue weighted by molar-refractivity contribution is -0.197. The lowest BCUT2D eigenvalue weighted by atomic mass is 9.96. The zero-order valence-electron chi connectivity index (χ0n) is 21.7. The van der Waals surface area contributed by atoms with E-state index in [1.807, 2.05) is 42.5 Å². The van der Waals surface area contributed by atoms with E-state index in [-0.39, 0.29) is 19.6 Å². The van der Waals surface area contributed by atoms with Crippen LogP contribution in [0.4, 0.5) is 4.79 Å². The number of hydrogen-bond donors (Lipinski definition) is 2. The van der Waals surface area contributed by atoms with Crippen LogP contribution in [0.1, 0.15) is 24.5 Å². The van der Waals surface area contributed by atoms with Crippen LogP contribution in [-0.4, -0.2) is 85.6 Å². The monoisotopic (exact) mass is 530 g/mol. The third kappa shape index (κ3) is 5.00. The molecule has 3 aromatic rings. The molecule has 202 valence electrons. The van der Waals surface area contributed by atoms with Crippen LogP contribution in [0, 0.1) is 0 Å². The number of pyridine rings is 1. The highest BCUT2D eigenvalue weighted by atomic mass is 16.4. The topological polar surface area (TPSA) is 126 Å². The molecule has 5 rings (SSSR count). The summed E-state index contributed by atoms with van der Waals surface area (Å²) in [5.41, 5.74) is 1.74. The number of carboxylic acid groups (broad SMARTS) is 1. The minimum atomic E-state index is -1.24. The maximum Gasteiger partial charge on any atom is 0.334 e. The van der Waals surface area contributed by atoms with Gasteiger partial charge in [-0.3, -0.25) is 19.4 Å². The van der Waals surface area contributed by atoms with Crippen LogP contribution in [0.3, 0.4) is 0 Å². The molecule has 2 aromatic carbocycles. The first-order valence-electron chi connectivity index (χ1n) is 12.7. The average molecular weight is 531 g/mol. The molecular formula is C28H30N6O5. The van der Waals surface area contributed by atoms with Gasteiger partial charge in [-0.15, -0.1) is 0 Å². The Morgan fingerprint density at radius 1 is 1.05 bits per heavy atom. The van der Waals surface area contributed by atoms with E-state index in [2.05, 4.69) is 10.3 Å². The first-order valence-corrected chi connectivity index (χ1v) is 12.7. The third-order valence-electron chi connectivity index (χ3n) is 7.37. The number of aliphatic carboxylic acids is 1. The molecule has 2 fully saturated rings. The number of hydrogen-bond acceptors (Lipinski definition) is 6. The number of hydrazine groups is 1. The fourth-order valence-electron chi connectivity index (χ4n) is 5.51. The van der Waals surface area contributed by atoms with E-state index in [9.17, 15) is 24.3 Å². The molecule has 2 N–H and O–H groups in total. The fraction of sp³-hybridized carbons (Fsp3) is 0.321. The molecular weight excluding hydrogens is 500 g/mol. The number of nitrogens with one attached hydrogen (secondary N) is 1. The number of amides is 4. The van der Waals surface area contributed by atoms with Gasteiger partial charge in [0.15, 0.2) is 0 Å². The number of fused-ring (bicyclic) bond motifs is 2. The van der Waals surface area contributed by atoms with Crippen LogP contribution in [0.15, 0.2) is 67.0 Å². The van der Waals surface area contributed by atoms with Crippen molar-refractivity contribution in [3.63, 3.8) is 0 Å². The van der Waals surface area contributed by atoms with Gasteiger partial charge in [-0.2, -0.15) is 0 Å². The van der Waals surface area contributed by atoms with E-state index >= 15 is 0 Å². The minimum absolute atomic E-state index is 0.168. The second kappa shape index (κ2) is 10.7. The summed E-state index contributed by atoms with van der Waals surface area (Å²) in [6.45, 7) is 2.05. The van der Waals surface area contributed by atoms with Gasteiger partial charge in [0.05, 0.1) is 19.0 Å². The van der Waals surface area contributed by atoms with Crippen LogP contribution >= 0.6 is 0 Å². The molecule has 11 nitrogen and oxygen atoms in total. The number of benzene rings is 2. The minimum Gasteiger partial charge on any atom is -0.481 e. The smallest absolute Gasteiger partial charge is 0.334 e. The molecule has 39 heavy (non-hydrogen) atoms. The molecule has 2 aliphatic rings. The summed E-state index contributed by atoms with van der Waals surface area (Å²) < 4.78 is 0. The predicted octanol–water partition coefficient (Wildman–Crippen LogP) is 2.04. The van der Waals surface area contributed by atoms with E-state index in [1.54, 1.807) is 43.4 Å². The lowest BCUT2D eigenvalue weighted by Gasteiger charge is -2.57. The van der Waals surface area contributed by atoms with Crippen molar-refractivity contribution < 1.29 is 24.3 Å². The van der Waals surface area contributed by atoms with Gasteiger partial charge in [0.1, 0.15) is 12.2 Å². The van der Waals surface area contributed by atoms with Gasteiger partial charge in [0.2, 0.25) is 11.8 Å². The maximum absolute atomic E-state index is 13.8. The number of rotatable bonds is 6. The Balaban J connectivity index is 1.50. The van der Waals surface area contributed by atoms with Crippen molar-refractivity contribution in [2.24, 2.45) is 0 Å². The number of aromatic nitrogens is 1. The Morgan fingerprint density at radius 2 is 1.77 bits per heavy atom. The van der Waals surface area contributed by atoms with Gasteiger partial charge in [-0.05, 0) is 41.0 Å². The average Bonchev–Trinajstić information content (AvgIpc) is 2.92. The van der Waals surface area contributed by atoms with Crippen LogP contribution in [0.5, 0.6) is 0 Å². The highest BCUT2D eigenvalue weighted by molar-refractivity contribution is 5.94. The number of urea groups is 1. The van der Waals surface area contributed by atoms with Crippen LogP contribution in [0.2, 0.25) is 0 Å². The Bertz CT molecular complexity index is 1410. The van der Waals surface area contributed by atoms with Crippen LogP contribution < -0.4 is 5.32 Å². The highest BCUT2D eigenvalue weighted by Gasteiger charge is 2.54. The van der Waals surface area contributed by atoms with Crippen molar-refractivity contribution in [2.45, 2.75) is 44.7 Å². The van der Waals surface area contributed by atoms with Gasteiger partial charge in [0.25, 0.3) is 0 Å². The van der Waals surface area contributed by atoms with Gasteiger partial charge in [-0.25, -0.2) is 14.8 Å². The second-order valence-electron chi connectivity index (χ2n) is 9.85. The van der Waals surface area contributed by atoms with Crippen LogP contribution in [0.25, 0.3) is 10.8 Å². The van der Waals surface area contributed by atoms with Crippen molar-refractivity contribution in [2.75, 3.05) is 13.6 Å². The fourth-order valence-corrected chi connectivity index (χ4v) is 5.51. The summed E-state index contributed by atoms with van der Waals surface area (Å²) in [5.74, 6) is -2.06. The molecule has 3 heterocycles. The Labute approximate surface area is 225 Å². The van der Waals surface area contributed by atoms with Gasteiger partial charge >= 0.3 is 12.0 Å². The molecule has 0 bridgehead atoms. The van der Waals surface area contributed by atoms with Crippen molar-refractivity contribution in [1.29, 1.82) is 0 Å². The maximum atomic E-state index is 13.8. The first kappa shape index (κ1) is 26.1. The highest BCUT2D eigenvalue weighted by Crippen LogP contribution is 2.33. The molecule has 11 heteroatoms. The van der Waals surface area contributed by atoms with E-state index in [4.69, 9.17) is 0 Å². The van der Waals surface area contributed by atoms with E-state index in [0.29, 0.717) is 0 Å². The standard InChI is InChI=1S/C28H30N6O5/c1-18-26-33(24(35)17-31(2)34(26)28(39)30-15-19-10-12-29-13-11-19)23(14-25(36)37)27(38)32(18)16-21-8-5-7-20-6-3-4-9-22(20)21/h3-13,18,23,26H,14-17H2,1-2H3,(H,30,39)(H,36,37)/t18-,23-,26-/m0/s1. The molecule has 0 radical (unpaired) electrons. The summed E-state index contributed by atoms with van der Waals surface area (Å²) in [6, 6.07) is 14.9. The normalized spacial score (nSPS) is 21.7. The van der Waals surface area contributed by atoms with E-state index in [0.717, 1.165) is 21.9 Å². The summed E-state index contributed by atoms with van der Waals surface area (Å²) >= 11 is 0. The number of carbonyl (C=O) groups excluding carboxylic acids is 3. The molecule has 0 aliphatic carbocycles. The van der Waals surface area contributed by atoms with E-state index < -0.39 is 48.5 Å². The number of piperazine rings is 1. The SMILES string of the molecule is C[C@H]1[C@H]2N(C(=O)CN(C)N2C(=O)NCc2ccncc2)[C@@H](CC(=O)O)C(=O)N1Cc1cccc2ccccc12. The van der Waals surface area contributed by atoms with Crippen molar-refractivity contribution in [3.05, 3.63) is 78.1 Å². The zero-order valence-corrected chi connectivity index (χ0v) is 21.7. The summed E-state index contributed by atoms with van der Waals surface area (Å²) in [5, 5.41) is 17.5. The first-order chi connectivity index (χ1) is 18.8. The van der Waals surface area contributed by atoms with Crippen molar-refractivity contribution >= 4 is 34.6 Å². The summed E-state index contributed by atoms with van der Waals surface area (Å²) in [7, 11) is 1.63. The number of likely N-dealkylation sites (N-methyl/N-ethyl adjacent to an activating group) is 1. The Morgan fingerprint density at radius 3 is 2.51 bits per heavy atom. The zero-order chi connectivity index (χ0) is 27.7. The molecule has 4 amide bonds. The Kier molecular flexibility index (Phi) is 7.16. The van der Waals surface area contributed by atoms with Crippen molar-refractivity contribution in [3.8, 4) is 0 Å². The molecule has 0 saturated carbocycles. The number of carboxylic acids is 1. The van der Waals surface area contributed by atoms with Gasteiger partial charge in [0, 0.05) is 32.5 Å². The molecule has 2 saturated heterocycles. The summed E-state index contributed by atoms with van der Waals surface area (Å²) in [4.78, 5) is 59.3. The van der Waals surface area contributed by atoms with Crippen LogP contribution in [-0.2, 0) is 27.5 Å². The Hall–Kier alpha value is -4.51. The quantitative estimate of drug-likeness (QED) is 0.499. The molecule has 0 spiro atoms. The second-order valence-corrected chi connectivity index (χ2v) is 9.85. The lowest BCUT2D eigenvalue weighted by Crippen LogP contribution is -2.78. The molecule has 3 atom stereocenters.